The van der Waals surface area contributed by atoms with Gasteiger partial charge in [-0.1, -0.05) is 12.1 Å². The Morgan fingerprint density at radius 1 is 1.17 bits per heavy atom. The third-order valence-corrected chi connectivity index (χ3v) is 4.08. The van der Waals surface area contributed by atoms with E-state index in [1.54, 1.807) is 0 Å². The Hall–Kier alpha value is -1.35. The molecule has 6 nitrogen and oxygen atoms in total. The smallest absolute Gasteiger partial charge is 0.227 e. The second-order valence-corrected chi connectivity index (χ2v) is 5.59. The lowest BCUT2D eigenvalue weighted by molar-refractivity contribution is -0.117. The number of hydrogen-bond acceptors (Lipinski definition) is 3. The molecule has 0 aliphatic carbocycles. The van der Waals surface area contributed by atoms with Crippen molar-refractivity contribution >= 4 is 41.5 Å². The molecule has 1 aromatic carbocycles. The first-order chi connectivity index (χ1) is 10.7. The maximum atomic E-state index is 11.7. The normalized spacial score (nSPS) is 19.0. The van der Waals surface area contributed by atoms with E-state index in [9.17, 15) is 4.79 Å². The average molecular weight is 430 g/mol. The highest BCUT2D eigenvalue weighted by Gasteiger charge is 2.21. The maximum absolute atomic E-state index is 11.7. The van der Waals surface area contributed by atoms with Crippen molar-refractivity contribution in [1.29, 1.82) is 0 Å². The second kappa shape index (κ2) is 8.49. The molecule has 23 heavy (non-hydrogen) atoms. The number of hydrogen-bond donors (Lipinski definition) is 1. The molecule has 1 aromatic rings. The molecule has 0 aromatic heterocycles. The Labute approximate surface area is 153 Å². The van der Waals surface area contributed by atoms with Gasteiger partial charge in [-0.25, -0.2) is 4.99 Å². The minimum Gasteiger partial charge on any atom is -0.378 e. The molecule has 2 N–H and O–H groups in total. The lowest BCUT2D eigenvalue weighted by Crippen LogP contribution is -2.44. The van der Waals surface area contributed by atoms with Crippen LogP contribution in [0.4, 0.5) is 5.69 Å². The van der Waals surface area contributed by atoms with E-state index < -0.39 is 0 Å². The molecule has 2 aliphatic heterocycles. The van der Waals surface area contributed by atoms with Crippen molar-refractivity contribution in [2.75, 3.05) is 37.7 Å². The van der Waals surface area contributed by atoms with Crippen molar-refractivity contribution in [2.45, 2.75) is 19.4 Å². The van der Waals surface area contributed by atoms with Gasteiger partial charge in [0.2, 0.25) is 5.91 Å². The molecule has 0 unspecified atom stereocenters. The average Bonchev–Trinajstić information content (AvgIpc) is 3.00. The number of anilines is 1. The van der Waals surface area contributed by atoms with Gasteiger partial charge in [0, 0.05) is 31.7 Å². The molecular weight excluding hydrogens is 407 g/mol. The van der Waals surface area contributed by atoms with E-state index in [-0.39, 0.29) is 29.9 Å². The van der Waals surface area contributed by atoms with E-state index in [2.05, 4.69) is 4.99 Å². The van der Waals surface area contributed by atoms with Crippen LogP contribution >= 0.6 is 24.0 Å². The number of amides is 1. The molecule has 3 rings (SSSR count). The zero-order chi connectivity index (χ0) is 15.4. The molecule has 2 aliphatic rings. The van der Waals surface area contributed by atoms with Crippen LogP contribution in [0.1, 0.15) is 18.4 Å². The monoisotopic (exact) mass is 430 g/mol. The highest BCUT2D eigenvalue weighted by Crippen LogP contribution is 2.21. The van der Waals surface area contributed by atoms with E-state index in [1.165, 1.54) is 0 Å². The van der Waals surface area contributed by atoms with Crippen molar-refractivity contribution in [3.8, 4) is 0 Å². The van der Waals surface area contributed by atoms with Gasteiger partial charge >= 0.3 is 0 Å². The van der Waals surface area contributed by atoms with Crippen LogP contribution in [0.5, 0.6) is 0 Å². The van der Waals surface area contributed by atoms with Crippen LogP contribution < -0.4 is 10.6 Å². The minimum atomic E-state index is 0. The molecule has 2 saturated heterocycles. The standard InChI is InChI=1S/C16H22N4O2.HI/c17-16(19-8-10-22-11-9-19)18-12-13-3-5-14(6-4-13)20-7-1-2-15(20)21;/h3-6H,1-2,7-12H2,(H2,17,18);1H. The van der Waals surface area contributed by atoms with Crippen LogP contribution in [0.3, 0.4) is 0 Å². The number of rotatable bonds is 3. The van der Waals surface area contributed by atoms with Crippen LogP contribution in [0.2, 0.25) is 0 Å². The highest BCUT2D eigenvalue weighted by atomic mass is 127. The van der Waals surface area contributed by atoms with Gasteiger partial charge in [-0.05, 0) is 24.1 Å². The zero-order valence-corrected chi connectivity index (χ0v) is 15.4. The lowest BCUT2D eigenvalue weighted by atomic mass is 10.2. The Morgan fingerprint density at radius 3 is 2.48 bits per heavy atom. The van der Waals surface area contributed by atoms with Crippen LogP contribution in [-0.2, 0) is 16.1 Å². The summed E-state index contributed by atoms with van der Waals surface area (Å²) in [7, 11) is 0. The van der Waals surface area contributed by atoms with Gasteiger partial charge in [-0.15, -0.1) is 24.0 Å². The van der Waals surface area contributed by atoms with Crippen molar-refractivity contribution in [3.05, 3.63) is 29.8 Å². The number of benzene rings is 1. The quantitative estimate of drug-likeness (QED) is 0.449. The SMILES string of the molecule is I.NC(=NCc1ccc(N2CCCC2=O)cc1)N1CCOCC1. The predicted molar refractivity (Wildman–Crippen MR) is 101 cm³/mol. The number of nitrogens with zero attached hydrogens (tertiary/aromatic N) is 3. The fraction of sp³-hybridized carbons (Fsp3) is 0.500. The summed E-state index contributed by atoms with van der Waals surface area (Å²) in [6.07, 6.45) is 1.60. The fourth-order valence-electron chi connectivity index (χ4n) is 2.77. The zero-order valence-electron chi connectivity index (χ0n) is 13.1. The number of nitrogens with two attached hydrogens (primary N) is 1. The Bertz CT molecular complexity index is 556. The molecule has 2 fully saturated rings. The summed E-state index contributed by atoms with van der Waals surface area (Å²) in [5, 5.41) is 0. The van der Waals surface area contributed by atoms with E-state index in [1.807, 2.05) is 34.1 Å². The third kappa shape index (κ3) is 4.57. The van der Waals surface area contributed by atoms with Crippen molar-refractivity contribution in [2.24, 2.45) is 10.7 Å². The summed E-state index contributed by atoms with van der Waals surface area (Å²) in [6.45, 7) is 4.37. The van der Waals surface area contributed by atoms with Crippen LogP contribution in [0, 0.1) is 0 Å². The molecule has 0 radical (unpaired) electrons. The first kappa shape index (κ1) is 18.0. The first-order valence-corrected chi connectivity index (χ1v) is 7.76. The van der Waals surface area contributed by atoms with Gasteiger partial charge in [0.25, 0.3) is 0 Å². The molecule has 0 spiro atoms. The van der Waals surface area contributed by atoms with Gasteiger partial charge in [-0.3, -0.25) is 4.79 Å². The maximum Gasteiger partial charge on any atom is 0.227 e. The van der Waals surface area contributed by atoms with Gasteiger partial charge in [0.1, 0.15) is 0 Å². The summed E-state index contributed by atoms with van der Waals surface area (Å²) in [6, 6.07) is 7.99. The fourth-order valence-corrected chi connectivity index (χ4v) is 2.77. The molecular formula is C16H23IN4O2. The van der Waals surface area contributed by atoms with Gasteiger partial charge in [0.05, 0.1) is 19.8 Å². The Kier molecular flexibility index (Phi) is 6.64. The van der Waals surface area contributed by atoms with E-state index >= 15 is 0 Å². The minimum absolute atomic E-state index is 0. The molecule has 7 heteroatoms. The Balaban J connectivity index is 0.00000192. The summed E-state index contributed by atoms with van der Waals surface area (Å²) in [5.74, 6) is 0.782. The van der Waals surface area contributed by atoms with Crippen molar-refractivity contribution in [1.82, 2.24) is 4.90 Å². The number of ether oxygens (including phenoxy) is 1. The molecule has 0 atom stereocenters. The highest BCUT2D eigenvalue weighted by molar-refractivity contribution is 14.0. The molecule has 1 amide bonds. The Morgan fingerprint density at radius 2 is 1.87 bits per heavy atom. The number of halogens is 1. The van der Waals surface area contributed by atoms with E-state index in [0.717, 1.165) is 37.3 Å². The second-order valence-electron chi connectivity index (χ2n) is 5.59. The molecule has 0 saturated carbocycles. The summed E-state index contributed by atoms with van der Waals surface area (Å²) in [4.78, 5) is 20.1. The van der Waals surface area contributed by atoms with Gasteiger partial charge in [0.15, 0.2) is 5.96 Å². The largest absolute Gasteiger partial charge is 0.378 e. The van der Waals surface area contributed by atoms with Gasteiger partial charge < -0.3 is 20.3 Å². The number of carbonyl (C=O) groups is 1. The summed E-state index contributed by atoms with van der Waals surface area (Å²) in [5.41, 5.74) is 8.07. The van der Waals surface area contributed by atoms with Crippen LogP contribution in [-0.4, -0.2) is 49.6 Å². The topological polar surface area (TPSA) is 71.2 Å². The summed E-state index contributed by atoms with van der Waals surface area (Å²) < 4.78 is 5.30. The van der Waals surface area contributed by atoms with Crippen molar-refractivity contribution < 1.29 is 9.53 Å². The van der Waals surface area contributed by atoms with E-state index in [0.29, 0.717) is 32.1 Å². The molecule has 0 bridgehead atoms. The van der Waals surface area contributed by atoms with Crippen molar-refractivity contribution in [3.63, 3.8) is 0 Å². The van der Waals surface area contributed by atoms with Gasteiger partial charge in [-0.2, -0.15) is 0 Å². The number of carbonyl (C=O) groups excluding carboxylic acids is 1. The summed E-state index contributed by atoms with van der Waals surface area (Å²) >= 11 is 0. The lowest BCUT2D eigenvalue weighted by Gasteiger charge is -2.27. The van der Waals surface area contributed by atoms with E-state index in [4.69, 9.17) is 10.5 Å². The number of guanidine groups is 1. The first-order valence-electron chi connectivity index (χ1n) is 7.76. The van der Waals surface area contributed by atoms with Crippen LogP contribution in [0.15, 0.2) is 29.3 Å². The number of morpholine rings is 1. The number of aliphatic imine (C=N–C) groups is 1. The molecule has 2 heterocycles. The predicted octanol–water partition coefficient (Wildman–Crippen LogP) is 1.58. The molecule has 126 valence electrons. The third-order valence-electron chi connectivity index (χ3n) is 4.08. The van der Waals surface area contributed by atoms with Crippen LogP contribution in [0.25, 0.3) is 0 Å².